The number of amides is 1. The molecule has 0 aromatic carbocycles. The molecule has 1 heterocycles. The van der Waals surface area contributed by atoms with Gasteiger partial charge >= 0.3 is 0 Å². The van der Waals surface area contributed by atoms with Crippen LogP contribution in [0.5, 0.6) is 0 Å². The van der Waals surface area contributed by atoms with Crippen molar-refractivity contribution in [3.05, 3.63) is 17.6 Å². The molecular formula is C11H16ClNO4S. The van der Waals surface area contributed by atoms with Crippen molar-refractivity contribution >= 4 is 25.6 Å². The number of nitrogens with one attached hydrogen (secondary N) is 1. The number of furan rings is 1. The molecule has 5 nitrogen and oxygen atoms in total. The zero-order chi connectivity index (χ0) is 14.1. The van der Waals surface area contributed by atoms with E-state index in [4.69, 9.17) is 15.1 Å². The first-order chi connectivity index (χ1) is 8.00. The fraction of sp³-hybridized carbons (Fsp3) is 0.545. The van der Waals surface area contributed by atoms with Gasteiger partial charge in [0.2, 0.25) is 0 Å². The van der Waals surface area contributed by atoms with E-state index < -0.39 is 15.0 Å². The first kappa shape index (κ1) is 15.0. The van der Waals surface area contributed by atoms with Gasteiger partial charge in [-0.1, -0.05) is 20.8 Å². The largest absolute Gasteiger partial charge is 0.455 e. The molecule has 1 N–H and O–H groups in total. The molecule has 0 aliphatic carbocycles. The Morgan fingerprint density at radius 1 is 1.44 bits per heavy atom. The summed E-state index contributed by atoms with van der Waals surface area (Å²) in [5.74, 6) is -0.415. The summed E-state index contributed by atoms with van der Waals surface area (Å²) in [4.78, 5) is 11.6. The van der Waals surface area contributed by atoms with Crippen LogP contribution in [0.25, 0.3) is 0 Å². The van der Waals surface area contributed by atoms with E-state index in [1.165, 1.54) is 6.92 Å². The Balaban J connectivity index is 2.90. The van der Waals surface area contributed by atoms with Crippen LogP contribution in [-0.2, 0) is 9.05 Å². The summed E-state index contributed by atoms with van der Waals surface area (Å²) in [7, 11) is 1.32. The molecule has 102 valence electrons. The molecule has 0 bridgehead atoms. The van der Waals surface area contributed by atoms with Crippen LogP contribution in [-0.4, -0.2) is 20.9 Å². The monoisotopic (exact) mass is 293 g/mol. The number of halogens is 1. The van der Waals surface area contributed by atoms with Crippen LogP contribution >= 0.6 is 10.7 Å². The molecule has 7 heteroatoms. The van der Waals surface area contributed by atoms with E-state index in [2.05, 4.69) is 5.32 Å². The van der Waals surface area contributed by atoms with Gasteiger partial charge in [0.15, 0.2) is 5.76 Å². The third-order valence-electron chi connectivity index (χ3n) is 2.14. The molecule has 0 aliphatic rings. The number of carbonyl (C=O) groups excluding carboxylic acids is 1. The van der Waals surface area contributed by atoms with Crippen molar-refractivity contribution in [3.8, 4) is 0 Å². The lowest BCUT2D eigenvalue weighted by atomic mass is 9.97. The molecular weight excluding hydrogens is 278 g/mol. The van der Waals surface area contributed by atoms with Gasteiger partial charge in [-0.2, -0.15) is 0 Å². The van der Waals surface area contributed by atoms with E-state index in [1.807, 2.05) is 20.8 Å². The number of hydrogen-bond acceptors (Lipinski definition) is 4. The highest BCUT2D eigenvalue weighted by Gasteiger charge is 2.22. The van der Waals surface area contributed by atoms with Crippen molar-refractivity contribution in [1.82, 2.24) is 5.32 Å². The zero-order valence-electron chi connectivity index (χ0n) is 10.7. The van der Waals surface area contributed by atoms with Crippen molar-refractivity contribution in [3.63, 3.8) is 0 Å². The van der Waals surface area contributed by atoms with E-state index in [-0.39, 0.29) is 21.8 Å². The Morgan fingerprint density at radius 3 is 2.39 bits per heavy atom. The van der Waals surface area contributed by atoms with Gasteiger partial charge in [-0.25, -0.2) is 8.42 Å². The summed E-state index contributed by atoms with van der Waals surface area (Å²) in [6.07, 6.45) is 0. The van der Waals surface area contributed by atoms with Crippen LogP contribution < -0.4 is 5.32 Å². The molecule has 0 saturated heterocycles. The minimum atomic E-state index is -3.89. The molecule has 0 saturated carbocycles. The molecule has 1 aromatic rings. The molecule has 0 radical (unpaired) electrons. The van der Waals surface area contributed by atoms with Crippen LogP contribution in [0, 0.1) is 12.3 Å². The van der Waals surface area contributed by atoms with Crippen molar-refractivity contribution in [2.75, 3.05) is 6.54 Å². The zero-order valence-corrected chi connectivity index (χ0v) is 12.3. The second kappa shape index (κ2) is 4.93. The van der Waals surface area contributed by atoms with Gasteiger partial charge in [-0.3, -0.25) is 4.79 Å². The van der Waals surface area contributed by atoms with Crippen LogP contribution in [0.4, 0.5) is 0 Å². The van der Waals surface area contributed by atoms with E-state index in [1.54, 1.807) is 0 Å². The Bertz CT molecular complexity index is 554. The molecule has 1 amide bonds. The summed E-state index contributed by atoms with van der Waals surface area (Å²) in [6.45, 7) is 7.80. The lowest BCUT2D eigenvalue weighted by Crippen LogP contribution is -2.31. The SMILES string of the molecule is Cc1oc(C(=O)NCC(C)(C)C)cc1S(=O)(=O)Cl. The predicted octanol–water partition coefficient (Wildman–Crippen LogP) is 2.29. The fourth-order valence-corrected chi connectivity index (χ4v) is 2.34. The quantitative estimate of drug-likeness (QED) is 0.868. The van der Waals surface area contributed by atoms with Crippen LogP contribution in [0.1, 0.15) is 37.1 Å². The van der Waals surface area contributed by atoms with Gasteiger partial charge in [0, 0.05) is 23.3 Å². The molecule has 1 rings (SSSR count). The molecule has 0 spiro atoms. The number of aryl methyl sites for hydroxylation is 1. The summed E-state index contributed by atoms with van der Waals surface area (Å²) in [5.41, 5.74) is -0.0707. The third-order valence-corrected chi connectivity index (χ3v) is 3.57. The number of hydrogen-bond donors (Lipinski definition) is 1. The van der Waals surface area contributed by atoms with Gasteiger partial charge in [0.1, 0.15) is 10.7 Å². The lowest BCUT2D eigenvalue weighted by Gasteiger charge is -2.17. The highest BCUT2D eigenvalue weighted by atomic mass is 35.7. The van der Waals surface area contributed by atoms with Crippen LogP contribution in [0.2, 0.25) is 0 Å². The summed E-state index contributed by atoms with van der Waals surface area (Å²) in [6, 6.07) is 1.13. The second-order valence-electron chi connectivity index (χ2n) is 5.21. The lowest BCUT2D eigenvalue weighted by molar-refractivity contribution is 0.0910. The Kier molecular flexibility index (Phi) is 4.12. The maximum Gasteiger partial charge on any atom is 0.287 e. The van der Waals surface area contributed by atoms with Gasteiger partial charge in [0.25, 0.3) is 15.0 Å². The van der Waals surface area contributed by atoms with Crippen LogP contribution in [0.3, 0.4) is 0 Å². The topological polar surface area (TPSA) is 76.4 Å². The Morgan fingerprint density at radius 2 is 2.00 bits per heavy atom. The van der Waals surface area contributed by atoms with Crippen LogP contribution in [0.15, 0.2) is 15.4 Å². The predicted molar refractivity (Wildman–Crippen MR) is 68.3 cm³/mol. The Labute approximate surface area is 111 Å². The number of rotatable bonds is 3. The maximum absolute atomic E-state index is 11.7. The smallest absolute Gasteiger partial charge is 0.287 e. The highest BCUT2D eigenvalue weighted by Crippen LogP contribution is 2.23. The molecule has 0 fully saturated rings. The van der Waals surface area contributed by atoms with Crippen molar-refractivity contribution in [2.45, 2.75) is 32.6 Å². The first-order valence-electron chi connectivity index (χ1n) is 5.34. The molecule has 0 aliphatic heterocycles. The van der Waals surface area contributed by atoms with E-state index in [0.717, 1.165) is 6.07 Å². The highest BCUT2D eigenvalue weighted by molar-refractivity contribution is 8.13. The maximum atomic E-state index is 11.7. The summed E-state index contributed by atoms with van der Waals surface area (Å²) >= 11 is 0. The molecule has 0 unspecified atom stereocenters. The van der Waals surface area contributed by atoms with Gasteiger partial charge < -0.3 is 9.73 Å². The Hall–Kier alpha value is -1.01. The van der Waals surface area contributed by atoms with E-state index in [0.29, 0.717) is 6.54 Å². The summed E-state index contributed by atoms with van der Waals surface area (Å²) in [5, 5.41) is 2.66. The standard InChI is InChI=1S/C11H16ClNO4S/c1-7-9(18(12,15)16)5-8(17-7)10(14)13-6-11(2,3)4/h5H,6H2,1-4H3,(H,13,14). The number of carbonyl (C=O) groups is 1. The first-order valence-corrected chi connectivity index (χ1v) is 7.65. The minimum Gasteiger partial charge on any atom is -0.455 e. The van der Waals surface area contributed by atoms with Crippen molar-refractivity contribution in [2.24, 2.45) is 5.41 Å². The molecule has 18 heavy (non-hydrogen) atoms. The fourth-order valence-electron chi connectivity index (χ4n) is 1.25. The van der Waals surface area contributed by atoms with Crippen molar-refractivity contribution in [1.29, 1.82) is 0 Å². The average molecular weight is 294 g/mol. The van der Waals surface area contributed by atoms with E-state index >= 15 is 0 Å². The average Bonchev–Trinajstić information content (AvgIpc) is 2.55. The van der Waals surface area contributed by atoms with Gasteiger partial charge in [-0.15, -0.1) is 0 Å². The van der Waals surface area contributed by atoms with Crippen molar-refractivity contribution < 1.29 is 17.6 Å². The van der Waals surface area contributed by atoms with Gasteiger partial charge in [0.05, 0.1) is 0 Å². The molecule has 0 atom stereocenters. The van der Waals surface area contributed by atoms with E-state index in [9.17, 15) is 13.2 Å². The normalized spacial score (nSPS) is 12.5. The van der Waals surface area contributed by atoms with Gasteiger partial charge in [-0.05, 0) is 12.3 Å². The second-order valence-corrected chi connectivity index (χ2v) is 7.75. The summed E-state index contributed by atoms with van der Waals surface area (Å²) < 4.78 is 27.5. The minimum absolute atomic E-state index is 0.0593. The third kappa shape index (κ3) is 4.03. The molecule has 1 aromatic heterocycles.